The summed E-state index contributed by atoms with van der Waals surface area (Å²) in [5, 5.41) is 10.0. The number of rotatable bonds is 6. The lowest BCUT2D eigenvalue weighted by Crippen LogP contribution is -2.48. The minimum Gasteiger partial charge on any atom is -0.465 e. The first-order chi connectivity index (χ1) is 15.3. The Labute approximate surface area is 191 Å². The summed E-state index contributed by atoms with van der Waals surface area (Å²) in [6.45, 7) is 2.99. The number of carboxylic acid groups (broad SMARTS) is 1. The maximum Gasteiger partial charge on any atom is 0.407 e. The van der Waals surface area contributed by atoms with Crippen LogP contribution >= 0.6 is 11.6 Å². The van der Waals surface area contributed by atoms with Crippen molar-refractivity contribution in [3.8, 4) is 0 Å². The fraction of sp³-hybridized carbons (Fsp3) is 0.375. The van der Waals surface area contributed by atoms with Crippen molar-refractivity contribution in [1.29, 1.82) is 0 Å². The number of ether oxygens (including phenoxy) is 1. The highest BCUT2D eigenvalue weighted by Crippen LogP contribution is 2.39. The predicted octanol–water partition coefficient (Wildman–Crippen LogP) is 4.26. The third-order valence-corrected chi connectivity index (χ3v) is 6.70. The Morgan fingerprint density at radius 3 is 2.47 bits per heavy atom. The van der Waals surface area contributed by atoms with Crippen molar-refractivity contribution in [1.82, 2.24) is 9.80 Å². The number of hydrogen-bond donors (Lipinski definition) is 1. The Bertz CT molecular complexity index is 1020. The average molecular weight is 457 g/mol. The summed E-state index contributed by atoms with van der Waals surface area (Å²) in [5.41, 5.74) is 0.807. The van der Waals surface area contributed by atoms with Gasteiger partial charge in [-0.15, -0.1) is 0 Å². The molecule has 0 saturated carbocycles. The number of benzene rings is 2. The Hall–Kier alpha value is -2.90. The van der Waals surface area contributed by atoms with Crippen molar-refractivity contribution in [2.24, 2.45) is 5.92 Å². The topological polar surface area (TPSA) is 87.2 Å². The first-order valence-electron chi connectivity index (χ1n) is 10.6. The van der Waals surface area contributed by atoms with Crippen LogP contribution in [-0.2, 0) is 10.3 Å². The third kappa shape index (κ3) is 4.10. The molecule has 7 nitrogen and oxygen atoms in total. The van der Waals surface area contributed by atoms with Crippen LogP contribution in [-0.4, -0.2) is 59.1 Å². The number of nitrogens with zero attached hydrogens (tertiary/aromatic N) is 2. The molecule has 2 atom stereocenters. The van der Waals surface area contributed by atoms with Crippen LogP contribution in [0.1, 0.15) is 46.0 Å². The highest BCUT2D eigenvalue weighted by atomic mass is 35.5. The maximum absolute atomic E-state index is 12.7. The quantitative estimate of drug-likeness (QED) is 0.656. The first kappa shape index (κ1) is 22.3. The van der Waals surface area contributed by atoms with Crippen molar-refractivity contribution in [2.45, 2.75) is 25.4 Å². The standard InChI is InChI=1S/C24H25ClN2O5/c1-24(16-6-4-8-18(25)14-16,17-7-5-11-26(15-17)23(30)31)32-13-12-27-21(28)19-9-2-3-10-20(19)22(27)29/h2-4,6,8-10,14,17H,5,7,11-13,15H2,1H3,(H,30,31). The summed E-state index contributed by atoms with van der Waals surface area (Å²) in [6.07, 6.45) is 0.573. The minimum absolute atomic E-state index is 0.104. The summed E-state index contributed by atoms with van der Waals surface area (Å²) in [4.78, 5) is 39.5. The van der Waals surface area contributed by atoms with E-state index < -0.39 is 11.7 Å². The van der Waals surface area contributed by atoms with Gasteiger partial charge in [0.05, 0.1) is 29.9 Å². The normalized spacial score (nSPS) is 20.2. The number of carbonyl (C=O) groups excluding carboxylic acids is 2. The van der Waals surface area contributed by atoms with E-state index in [-0.39, 0.29) is 30.9 Å². The molecule has 2 aliphatic heterocycles. The molecule has 2 heterocycles. The van der Waals surface area contributed by atoms with Gasteiger partial charge in [0.25, 0.3) is 11.8 Å². The summed E-state index contributed by atoms with van der Waals surface area (Å²) >= 11 is 6.24. The lowest BCUT2D eigenvalue weighted by atomic mass is 9.78. The fourth-order valence-electron chi connectivity index (χ4n) is 4.63. The second kappa shape index (κ2) is 8.92. The fourth-order valence-corrected chi connectivity index (χ4v) is 4.82. The Balaban J connectivity index is 1.53. The van der Waals surface area contributed by atoms with E-state index in [9.17, 15) is 19.5 Å². The molecule has 4 rings (SSSR count). The van der Waals surface area contributed by atoms with E-state index in [2.05, 4.69) is 0 Å². The van der Waals surface area contributed by atoms with E-state index in [4.69, 9.17) is 16.3 Å². The Morgan fingerprint density at radius 1 is 1.16 bits per heavy atom. The van der Waals surface area contributed by atoms with E-state index >= 15 is 0 Å². The lowest BCUT2D eigenvalue weighted by Gasteiger charge is -2.43. The van der Waals surface area contributed by atoms with Crippen LogP contribution in [0.15, 0.2) is 48.5 Å². The molecular weight excluding hydrogens is 432 g/mol. The number of hydrogen-bond acceptors (Lipinski definition) is 4. The summed E-state index contributed by atoms with van der Waals surface area (Å²) in [5.74, 6) is -0.755. The number of likely N-dealkylation sites (tertiary alicyclic amines) is 1. The monoisotopic (exact) mass is 456 g/mol. The predicted molar refractivity (Wildman–Crippen MR) is 119 cm³/mol. The van der Waals surface area contributed by atoms with Gasteiger partial charge in [0.15, 0.2) is 0 Å². The van der Waals surface area contributed by atoms with Gasteiger partial charge in [0.1, 0.15) is 0 Å². The zero-order valence-corrected chi connectivity index (χ0v) is 18.5. The molecule has 0 aliphatic carbocycles. The van der Waals surface area contributed by atoms with Crippen molar-refractivity contribution in [3.63, 3.8) is 0 Å². The van der Waals surface area contributed by atoms with Gasteiger partial charge in [-0.05, 0) is 49.6 Å². The van der Waals surface area contributed by atoms with Gasteiger partial charge >= 0.3 is 6.09 Å². The Kier molecular flexibility index (Phi) is 6.22. The van der Waals surface area contributed by atoms with Crippen LogP contribution in [0.4, 0.5) is 4.79 Å². The molecule has 168 valence electrons. The van der Waals surface area contributed by atoms with Crippen LogP contribution in [0.2, 0.25) is 5.02 Å². The smallest absolute Gasteiger partial charge is 0.407 e. The van der Waals surface area contributed by atoms with Crippen molar-refractivity contribution >= 4 is 29.5 Å². The van der Waals surface area contributed by atoms with E-state index in [1.165, 1.54) is 9.80 Å². The van der Waals surface area contributed by atoms with Gasteiger partial charge in [-0.3, -0.25) is 14.5 Å². The van der Waals surface area contributed by atoms with Crippen LogP contribution in [0.25, 0.3) is 0 Å². The zero-order chi connectivity index (χ0) is 22.9. The summed E-state index contributed by atoms with van der Waals surface area (Å²) in [7, 11) is 0. The molecular formula is C24H25ClN2O5. The van der Waals surface area contributed by atoms with Gasteiger partial charge in [-0.2, -0.15) is 0 Å². The number of halogens is 1. The Morgan fingerprint density at radius 2 is 1.84 bits per heavy atom. The molecule has 1 N–H and O–H groups in total. The molecule has 32 heavy (non-hydrogen) atoms. The highest BCUT2D eigenvalue weighted by molar-refractivity contribution is 6.30. The second-order valence-corrected chi connectivity index (χ2v) is 8.78. The molecule has 8 heteroatoms. The summed E-state index contributed by atoms with van der Waals surface area (Å²) < 4.78 is 6.37. The molecule has 2 unspecified atom stereocenters. The minimum atomic E-state index is -0.950. The molecule has 0 aromatic heterocycles. The number of piperidine rings is 1. The molecule has 2 aliphatic rings. The first-order valence-corrected chi connectivity index (χ1v) is 11.0. The molecule has 0 bridgehead atoms. The van der Waals surface area contributed by atoms with E-state index in [0.29, 0.717) is 29.2 Å². The van der Waals surface area contributed by atoms with Crippen LogP contribution in [0.5, 0.6) is 0 Å². The zero-order valence-electron chi connectivity index (χ0n) is 17.8. The van der Waals surface area contributed by atoms with E-state index in [1.807, 2.05) is 25.1 Å². The van der Waals surface area contributed by atoms with Crippen molar-refractivity contribution < 1.29 is 24.2 Å². The highest BCUT2D eigenvalue weighted by Gasteiger charge is 2.41. The molecule has 2 aromatic rings. The van der Waals surface area contributed by atoms with Gasteiger partial charge < -0.3 is 14.7 Å². The SMILES string of the molecule is CC(OCCN1C(=O)c2ccccc2C1=O)(c1cccc(Cl)c1)C1CCCN(C(=O)O)C1. The van der Waals surface area contributed by atoms with Gasteiger partial charge in [-0.25, -0.2) is 4.79 Å². The maximum atomic E-state index is 12.7. The number of fused-ring (bicyclic) bond motifs is 1. The second-order valence-electron chi connectivity index (χ2n) is 8.34. The molecule has 0 spiro atoms. The lowest BCUT2D eigenvalue weighted by molar-refractivity contribution is -0.0972. The van der Waals surface area contributed by atoms with E-state index in [0.717, 1.165) is 18.4 Å². The van der Waals surface area contributed by atoms with Crippen molar-refractivity contribution in [3.05, 3.63) is 70.2 Å². The van der Waals surface area contributed by atoms with Gasteiger partial charge in [0.2, 0.25) is 0 Å². The van der Waals surface area contributed by atoms with Crippen LogP contribution in [0, 0.1) is 5.92 Å². The largest absolute Gasteiger partial charge is 0.465 e. The number of carbonyl (C=O) groups is 3. The van der Waals surface area contributed by atoms with Gasteiger partial charge in [0, 0.05) is 24.0 Å². The number of amides is 3. The van der Waals surface area contributed by atoms with Crippen molar-refractivity contribution in [2.75, 3.05) is 26.2 Å². The molecule has 1 saturated heterocycles. The van der Waals surface area contributed by atoms with Crippen LogP contribution < -0.4 is 0 Å². The van der Waals surface area contributed by atoms with Gasteiger partial charge in [-0.1, -0.05) is 35.9 Å². The van der Waals surface area contributed by atoms with Crippen LogP contribution in [0.3, 0.4) is 0 Å². The molecule has 3 amide bonds. The average Bonchev–Trinajstić information content (AvgIpc) is 3.04. The molecule has 2 aromatic carbocycles. The van der Waals surface area contributed by atoms with E-state index in [1.54, 1.807) is 30.3 Å². The molecule has 1 fully saturated rings. The number of imide groups is 1. The third-order valence-electron chi connectivity index (χ3n) is 6.46. The molecule has 0 radical (unpaired) electrons. The summed E-state index contributed by atoms with van der Waals surface area (Å²) in [6, 6.07) is 14.1.